The number of hydrogen-bond donors (Lipinski definition) is 2. The molecule has 7 rings (SSSR count). The lowest BCUT2D eigenvalue weighted by molar-refractivity contribution is -0.258. The average molecular weight is 713 g/mol. The van der Waals surface area contributed by atoms with Gasteiger partial charge in [0.2, 0.25) is 0 Å². The van der Waals surface area contributed by atoms with Crippen LogP contribution in [0.5, 0.6) is 0 Å². The summed E-state index contributed by atoms with van der Waals surface area (Å²) in [5.41, 5.74) is -0.0395. The van der Waals surface area contributed by atoms with Crippen molar-refractivity contribution in [3.05, 3.63) is 33.6 Å². The smallest absolute Gasteiger partial charge is 0.316 e. The van der Waals surface area contributed by atoms with E-state index >= 15 is 0 Å². The van der Waals surface area contributed by atoms with Crippen LogP contribution in [0.3, 0.4) is 0 Å². The number of esters is 1. The van der Waals surface area contributed by atoms with Gasteiger partial charge in [-0.3, -0.25) is 9.59 Å². The number of nitrogens with one attached hydrogen (secondary N) is 1. The second-order valence-electron chi connectivity index (χ2n) is 18.6. The third kappa shape index (κ3) is 5.63. The Morgan fingerprint density at radius 3 is 2.47 bits per heavy atom. The number of aliphatic hydroxyl groups is 1. The zero-order valence-corrected chi connectivity index (χ0v) is 32.4. The highest BCUT2D eigenvalue weighted by Crippen LogP contribution is 2.76. The Labute approximate surface area is 301 Å². The van der Waals surface area contributed by atoms with Crippen molar-refractivity contribution in [3.8, 4) is 0 Å². The number of carbonyl (C=O) groups excluding carboxylic acids is 1. The van der Waals surface area contributed by atoms with Crippen LogP contribution in [-0.4, -0.2) is 50.2 Å². The maximum Gasteiger partial charge on any atom is 0.316 e. The number of aromatic amines is 1. The normalized spacial score (nSPS) is 42.6. The van der Waals surface area contributed by atoms with Crippen LogP contribution < -0.4 is 5.56 Å². The van der Waals surface area contributed by atoms with Crippen LogP contribution in [0.2, 0.25) is 5.02 Å². The zero-order chi connectivity index (χ0) is 35.4. The number of ether oxygens (including phenoxy) is 2. The molecule has 0 amide bonds. The Kier molecular flexibility index (Phi) is 8.73. The molecule has 2 N–H and O–H groups in total. The summed E-state index contributed by atoms with van der Waals surface area (Å²) in [5.74, 6) is 1.19. The number of hydrogen-bond acceptors (Lipinski definition) is 7. The summed E-state index contributed by atoms with van der Waals surface area (Å²) in [4.78, 5) is 33.2. The lowest BCUT2D eigenvalue weighted by Crippen LogP contribution is -2.67. The number of rotatable bonds is 5. The van der Waals surface area contributed by atoms with Crippen molar-refractivity contribution >= 4 is 40.2 Å². The van der Waals surface area contributed by atoms with Crippen molar-refractivity contribution in [1.29, 1.82) is 0 Å². The second kappa shape index (κ2) is 12.0. The minimum absolute atomic E-state index is 0.0458. The van der Waals surface area contributed by atoms with Crippen LogP contribution in [0.4, 0.5) is 0 Å². The fourth-order valence-corrected chi connectivity index (χ4v) is 13.8. The van der Waals surface area contributed by atoms with E-state index in [0.717, 1.165) is 57.8 Å². The number of H-pyrrole nitrogens is 1. The molecule has 0 spiro atoms. The number of thioether (sulfide) groups is 1. The first-order chi connectivity index (χ1) is 22.8. The minimum atomic E-state index is -0.335. The summed E-state index contributed by atoms with van der Waals surface area (Å²) in [7, 11) is 0. The van der Waals surface area contributed by atoms with Crippen molar-refractivity contribution in [2.75, 3.05) is 5.75 Å². The van der Waals surface area contributed by atoms with Crippen LogP contribution in [0.1, 0.15) is 120 Å². The summed E-state index contributed by atoms with van der Waals surface area (Å²) in [5, 5.41) is 13.6. The lowest BCUT2D eigenvalue weighted by Gasteiger charge is -2.70. The number of aromatic nitrogens is 2. The third-order valence-electron chi connectivity index (χ3n) is 15.3. The van der Waals surface area contributed by atoms with E-state index < -0.39 is 0 Å². The molecule has 0 radical (unpaired) electrons. The van der Waals surface area contributed by atoms with E-state index in [1.165, 1.54) is 18.2 Å². The summed E-state index contributed by atoms with van der Waals surface area (Å²) in [6.45, 7) is 19.0. The van der Waals surface area contributed by atoms with Crippen LogP contribution in [-0.2, 0) is 14.3 Å². The Bertz CT molecular complexity index is 1690. The Hall–Kier alpha value is -1.61. The molecule has 0 bridgehead atoms. The molecule has 49 heavy (non-hydrogen) atoms. The SMILES string of the molecule is CC1(C)CCC[C@](C)([C@@H]2CC[C@]3(C)[C@@H]2[C@H](O)C[C@H]2[C@@]4(C)CC[C@H](OC(=O)CSc5nc6cc(Cl)ccc6c(=O)[nH]5)C(C)(C)[C@@H]4CC[C@]23C)O1. The molecular weight excluding hydrogens is 656 g/mol. The van der Waals surface area contributed by atoms with Gasteiger partial charge in [-0.2, -0.15) is 0 Å². The van der Waals surface area contributed by atoms with Crippen LogP contribution in [0.15, 0.2) is 28.2 Å². The summed E-state index contributed by atoms with van der Waals surface area (Å²) >= 11 is 7.31. The molecule has 2 aromatic rings. The van der Waals surface area contributed by atoms with E-state index in [9.17, 15) is 14.7 Å². The molecule has 1 aliphatic heterocycles. The first-order valence-corrected chi connectivity index (χ1v) is 20.1. The van der Waals surface area contributed by atoms with Gasteiger partial charge < -0.3 is 19.6 Å². The molecule has 5 fully saturated rings. The van der Waals surface area contributed by atoms with Gasteiger partial charge in [-0.15, -0.1) is 0 Å². The standard InChI is InChI=1S/C40H57ClN2O5S/c1-35(2)15-9-16-40(8,48-35)25-12-18-39(7)32(25)27(44)21-29-37(5)17-14-30(36(3,4)28(37)13-19-38(29,39)6)47-31(45)22-49-34-42-26-20-23(41)10-11-24(26)33(46)43-34/h10-11,20,25,27-30,32,44H,9,12-19,21-22H2,1-8H3,(H,42,43,46)/t25-,27-,28+,29+,30+,32+,37+,38-,39-,40-/m1/s1. The molecule has 5 aliphatic rings. The van der Waals surface area contributed by atoms with Gasteiger partial charge in [0.05, 0.1) is 34.0 Å². The van der Waals surface area contributed by atoms with Crippen molar-refractivity contribution in [2.45, 2.75) is 148 Å². The van der Waals surface area contributed by atoms with Gasteiger partial charge in [-0.25, -0.2) is 4.98 Å². The fourth-order valence-electron chi connectivity index (χ4n) is 13.0. The van der Waals surface area contributed by atoms with Crippen LogP contribution in [0.25, 0.3) is 10.9 Å². The molecule has 1 aromatic heterocycles. The van der Waals surface area contributed by atoms with E-state index in [1.807, 2.05) is 0 Å². The van der Waals surface area contributed by atoms with Crippen LogP contribution >= 0.6 is 23.4 Å². The van der Waals surface area contributed by atoms with Gasteiger partial charge in [0.25, 0.3) is 5.56 Å². The van der Waals surface area contributed by atoms with Crippen molar-refractivity contribution in [3.63, 3.8) is 0 Å². The summed E-state index contributed by atoms with van der Waals surface area (Å²) in [6.07, 6.45) is 10.0. The molecule has 1 saturated heterocycles. The van der Waals surface area contributed by atoms with Gasteiger partial charge in [-0.05, 0) is 143 Å². The van der Waals surface area contributed by atoms with E-state index in [2.05, 4.69) is 65.4 Å². The Morgan fingerprint density at radius 1 is 1.00 bits per heavy atom. The van der Waals surface area contributed by atoms with Gasteiger partial charge >= 0.3 is 5.97 Å². The van der Waals surface area contributed by atoms with Gasteiger partial charge in [0, 0.05) is 10.4 Å². The first-order valence-electron chi connectivity index (χ1n) is 18.7. The number of carbonyl (C=O) groups is 1. The van der Waals surface area contributed by atoms with Crippen molar-refractivity contribution < 1.29 is 19.4 Å². The van der Waals surface area contributed by atoms with E-state index in [4.69, 9.17) is 21.1 Å². The maximum atomic E-state index is 13.3. The maximum absolute atomic E-state index is 13.3. The molecule has 7 nitrogen and oxygen atoms in total. The summed E-state index contributed by atoms with van der Waals surface area (Å²) in [6, 6.07) is 4.98. The highest BCUT2D eigenvalue weighted by Gasteiger charge is 2.72. The molecule has 4 aliphatic carbocycles. The van der Waals surface area contributed by atoms with Gasteiger partial charge in [-0.1, -0.05) is 58.0 Å². The highest BCUT2D eigenvalue weighted by atomic mass is 35.5. The molecule has 270 valence electrons. The Morgan fingerprint density at radius 2 is 1.73 bits per heavy atom. The second-order valence-corrected chi connectivity index (χ2v) is 20.0. The average Bonchev–Trinajstić information content (AvgIpc) is 3.39. The fraction of sp³-hybridized carbons (Fsp3) is 0.775. The van der Waals surface area contributed by atoms with E-state index in [-0.39, 0.29) is 68.3 Å². The highest BCUT2D eigenvalue weighted by molar-refractivity contribution is 7.99. The number of benzene rings is 1. The molecule has 10 atom stereocenters. The molecule has 0 unspecified atom stereocenters. The third-order valence-corrected chi connectivity index (χ3v) is 16.4. The number of aliphatic hydroxyl groups excluding tert-OH is 1. The quantitative estimate of drug-likeness (QED) is 0.181. The molecule has 1 aromatic carbocycles. The van der Waals surface area contributed by atoms with E-state index in [0.29, 0.717) is 38.8 Å². The molecule has 2 heterocycles. The van der Waals surface area contributed by atoms with Gasteiger partial charge in [0.15, 0.2) is 5.16 Å². The van der Waals surface area contributed by atoms with Gasteiger partial charge in [0.1, 0.15) is 6.10 Å². The zero-order valence-electron chi connectivity index (χ0n) is 30.8. The van der Waals surface area contributed by atoms with Crippen LogP contribution in [0, 0.1) is 45.3 Å². The topological polar surface area (TPSA) is 102 Å². The first kappa shape index (κ1) is 35.8. The molecule has 4 saturated carbocycles. The largest absolute Gasteiger partial charge is 0.461 e. The predicted molar refractivity (Wildman–Crippen MR) is 196 cm³/mol. The minimum Gasteiger partial charge on any atom is -0.461 e. The Balaban J connectivity index is 1.07. The lowest BCUT2D eigenvalue weighted by atomic mass is 9.35. The molecule has 9 heteroatoms. The van der Waals surface area contributed by atoms with E-state index in [1.54, 1.807) is 18.2 Å². The number of nitrogens with zero attached hydrogens (tertiary/aromatic N) is 1. The van der Waals surface area contributed by atoms with Crippen molar-refractivity contribution in [1.82, 2.24) is 9.97 Å². The number of fused-ring (bicyclic) bond motifs is 6. The van der Waals surface area contributed by atoms with Crippen molar-refractivity contribution in [2.24, 2.45) is 45.3 Å². The predicted octanol–water partition coefficient (Wildman–Crippen LogP) is 8.97. The monoisotopic (exact) mass is 712 g/mol. The number of halogens is 1. The molecular formula is C40H57ClN2O5S. The summed E-state index contributed by atoms with van der Waals surface area (Å²) < 4.78 is 13.2.